The Morgan fingerprint density at radius 3 is 2.24 bits per heavy atom. The molecule has 0 aromatic carbocycles. The van der Waals surface area contributed by atoms with E-state index in [2.05, 4.69) is 37.9 Å². The van der Waals surface area contributed by atoms with Crippen LogP contribution in [0.4, 0.5) is 0 Å². The first-order valence-electron chi connectivity index (χ1n) is 7.71. The lowest BCUT2D eigenvalue weighted by Crippen LogP contribution is -2.29. The molecule has 17 heavy (non-hydrogen) atoms. The first kappa shape index (κ1) is 16.9. The summed E-state index contributed by atoms with van der Waals surface area (Å²) in [5, 5.41) is 3.62. The summed E-state index contributed by atoms with van der Waals surface area (Å²) in [6, 6.07) is 0. The van der Waals surface area contributed by atoms with Crippen LogP contribution in [0.15, 0.2) is 0 Å². The van der Waals surface area contributed by atoms with Crippen molar-refractivity contribution >= 4 is 0 Å². The monoisotopic (exact) mass is 242 g/mol. The topological polar surface area (TPSA) is 15.3 Å². The molecule has 0 aliphatic carbocycles. The molecular weight excluding hydrogens is 208 g/mol. The highest BCUT2D eigenvalue weighted by Gasteiger charge is 2.04. The van der Waals surface area contributed by atoms with Gasteiger partial charge >= 0.3 is 0 Å². The van der Waals surface area contributed by atoms with Gasteiger partial charge in [0.2, 0.25) is 0 Å². The molecule has 2 heteroatoms. The third-order valence-electron chi connectivity index (χ3n) is 3.70. The molecule has 0 rings (SSSR count). The highest BCUT2D eigenvalue weighted by molar-refractivity contribution is 4.62. The summed E-state index contributed by atoms with van der Waals surface area (Å²) < 4.78 is 0. The van der Waals surface area contributed by atoms with E-state index in [1.54, 1.807) is 0 Å². The summed E-state index contributed by atoms with van der Waals surface area (Å²) in [4.78, 5) is 2.50. The lowest BCUT2D eigenvalue weighted by Gasteiger charge is -2.19. The van der Waals surface area contributed by atoms with Crippen molar-refractivity contribution in [3.05, 3.63) is 0 Å². The van der Waals surface area contributed by atoms with Crippen LogP contribution in [0.3, 0.4) is 0 Å². The van der Waals surface area contributed by atoms with Crippen molar-refractivity contribution < 1.29 is 0 Å². The molecule has 0 fully saturated rings. The molecule has 0 saturated heterocycles. The molecule has 0 aromatic rings. The number of unbranched alkanes of at least 4 members (excludes halogenated alkanes) is 1. The van der Waals surface area contributed by atoms with E-state index in [0.717, 1.165) is 5.92 Å². The lowest BCUT2D eigenvalue weighted by molar-refractivity contribution is 0.295. The van der Waals surface area contributed by atoms with Crippen molar-refractivity contribution in [2.75, 3.05) is 32.7 Å². The van der Waals surface area contributed by atoms with Gasteiger partial charge in [-0.25, -0.2) is 0 Å². The Kier molecular flexibility index (Phi) is 12.3. The molecule has 0 aliphatic rings. The third-order valence-corrected chi connectivity index (χ3v) is 3.70. The second kappa shape index (κ2) is 12.4. The normalized spacial score (nSPS) is 13.2. The molecule has 1 atom stereocenters. The summed E-state index contributed by atoms with van der Waals surface area (Å²) in [6.45, 7) is 15.1. The molecule has 0 radical (unpaired) electrons. The smallest absolute Gasteiger partial charge is 0.000687 e. The largest absolute Gasteiger partial charge is 0.316 e. The Bertz CT molecular complexity index is 144. The predicted molar refractivity (Wildman–Crippen MR) is 78.6 cm³/mol. The number of nitrogens with one attached hydrogen (secondary N) is 1. The van der Waals surface area contributed by atoms with Crippen LogP contribution in [0.1, 0.15) is 59.8 Å². The van der Waals surface area contributed by atoms with Crippen LogP contribution in [-0.4, -0.2) is 37.6 Å². The maximum Gasteiger partial charge on any atom is -0.000687 e. The predicted octanol–water partition coefficient (Wildman–Crippen LogP) is 3.52. The summed E-state index contributed by atoms with van der Waals surface area (Å²) >= 11 is 0. The molecule has 0 bridgehead atoms. The van der Waals surface area contributed by atoms with Crippen molar-refractivity contribution in [2.45, 2.75) is 59.8 Å². The van der Waals surface area contributed by atoms with E-state index >= 15 is 0 Å². The number of hydrogen-bond acceptors (Lipinski definition) is 2. The molecule has 0 amide bonds. The van der Waals surface area contributed by atoms with Crippen LogP contribution in [-0.2, 0) is 0 Å². The highest BCUT2D eigenvalue weighted by Crippen LogP contribution is 2.10. The van der Waals surface area contributed by atoms with E-state index in [-0.39, 0.29) is 0 Å². The Morgan fingerprint density at radius 1 is 1.00 bits per heavy atom. The van der Waals surface area contributed by atoms with E-state index in [1.807, 2.05) is 0 Å². The Morgan fingerprint density at radius 2 is 1.71 bits per heavy atom. The average molecular weight is 242 g/mol. The zero-order valence-corrected chi connectivity index (χ0v) is 12.6. The van der Waals surface area contributed by atoms with Crippen LogP contribution in [0, 0.1) is 5.92 Å². The molecule has 1 unspecified atom stereocenters. The second-order valence-corrected chi connectivity index (χ2v) is 5.00. The van der Waals surface area contributed by atoms with Gasteiger partial charge in [0.15, 0.2) is 0 Å². The minimum Gasteiger partial charge on any atom is -0.316 e. The van der Waals surface area contributed by atoms with Gasteiger partial charge in [0.1, 0.15) is 0 Å². The first-order chi connectivity index (χ1) is 8.28. The lowest BCUT2D eigenvalue weighted by atomic mass is 9.99. The van der Waals surface area contributed by atoms with Crippen molar-refractivity contribution in [2.24, 2.45) is 5.92 Å². The van der Waals surface area contributed by atoms with Gasteiger partial charge < -0.3 is 10.2 Å². The molecule has 0 aliphatic heterocycles. The fourth-order valence-corrected chi connectivity index (χ4v) is 2.22. The molecule has 0 aromatic heterocycles. The van der Waals surface area contributed by atoms with Crippen molar-refractivity contribution in [3.8, 4) is 0 Å². The number of nitrogens with zero attached hydrogens (tertiary/aromatic N) is 1. The minimum atomic E-state index is 0.892. The van der Waals surface area contributed by atoms with Crippen molar-refractivity contribution in [1.82, 2.24) is 10.2 Å². The molecule has 2 nitrogen and oxygen atoms in total. The van der Waals surface area contributed by atoms with Crippen LogP contribution in [0.5, 0.6) is 0 Å². The van der Waals surface area contributed by atoms with Crippen molar-refractivity contribution in [1.29, 1.82) is 0 Å². The Balaban J connectivity index is 3.41. The standard InChI is InChI=1S/C15H34N2/c1-5-9-11-15(6-2)14-16-12-10-13-17(7-3)8-4/h15-16H,5-14H2,1-4H3. The van der Waals surface area contributed by atoms with E-state index < -0.39 is 0 Å². The second-order valence-electron chi connectivity index (χ2n) is 5.00. The highest BCUT2D eigenvalue weighted by atomic mass is 15.1. The fraction of sp³-hybridized carbons (Fsp3) is 1.00. The summed E-state index contributed by atoms with van der Waals surface area (Å²) in [5.74, 6) is 0.892. The van der Waals surface area contributed by atoms with Gasteiger partial charge in [-0.2, -0.15) is 0 Å². The zero-order chi connectivity index (χ0) is 12.9. The Labute approximate surface area is 109 Å². The molecule has 0 spiro atoms. The number of hydrogen-bond donors (Lipinski definition) is 1. The van der Waals surface area contributed by atoms with Crippen LogP contribution < -0.4 is 5.32 Å². The van der Waals surface area contributed by atoms with Gasteiger partial charge in [0.25, 0.3) is 0 Å². The van der Waals surface area contributed by atoms with Crippen LogP contribution >= 0.6 is 0 Å². The minimum absolute atomic E-state index is 0.892. The average Bonchev–Trinajstić information content (AvgIpc) is 2.37. The summed E-state index contributed by atoms with van der Waals surface area (Å²) in [5.41, 5.74) is 0. The van der Waals surface area contributed by atoms with E-state index in [1.165, 1.54) is 64.8 Å². The quantitative estimate of drug-likeness (QED) is 0.527. The van der Waals surface area contributed by atoms with Crippen LogP contribution in [0.25, 0.3) is 0 Å². The van der Waals surface area contributed by atoms with E-state index in [4.69, 9.17) is 0 Å². The molecular formula is C15H34N2. The summed E-state index contributed by atoms with van der Waals surface area (Å²) in [6.07, 6.45) is 6.73. The number of rotatable bonds is 12. The van der Waals surface area contributed by atoms with Crippen molar-refractivity contribution in [3.63, 3.8) is 0 Å². The summed E-state index contributed by atoms with van der Waals surface area (Å²) in [7, 11) is 0. The van der Waals surface area contributed by atoms with Gasteiger partial charge in [-0.05, 0) is 51.5 Å². The van der Waals surface area contributed by atoms with Gasteiger partial charge in [-0.1, -0.05) is 47.0 Å². The van der Waals surface area contributed by atoms with E-state index in [9.17, 15) is 0 Å². The molecule has 0 saturated carbocycles. The maximum atomic E-state index is 3.62. The zero-order valence-electron chi connectivity index (χ0n) is 12.6. The van der Waals surface area contributed by atoms with E-state index in [0.29, 0.717) is 0 Å². The van der Waals surface area contributed by atoms with Gasteiger partial charge in [0, 0.05) is 0 Å². The SMILES string of the molecule is CCCCC(CC)CNCCCN(CC)CC. The Hall–Kier alpha value is -0.0800. The van der Waals surface area contributed by atoms with Gasteiger partial charge in [-0.3, -0.25) is 0 Å². The van der Waals surface area contributed by atoms with Gasteiger partial charge in [-0.15, -0.1) is 0 Å². The maximum absolute atomic E-state index is 3.62. The molecule has 1 N–H and O–H groups in total. The van der Waals surface area contributed by atoms with Gasteiger partial charge in [0.05, 0.1) is 0 Å². The van der Waals surface area contributed by atoms with Crippen LogP contribution in [0.2, 0.25) is 0 Å². The first-order valence-corrected chi connectivity index (χ1v) is 7.71. The third kappa shape index (κ3) is 9.61. The molecule has 0 heterocycles. The fourth-order valence-electron chi connectivity index (χ4n) is 2.22. The molecule has 104 valence electrons.